The molecule has 0 radical (unpaired) electrons. The minimum Gasteiger partial charge on any atom is -0.497 e. The van der Waals surface area contributed by atoms with Crippen LogP contribution in [0.4, 0.5) is 18.9 Å². The smallest absolute Gasteiger partial charge is 0.422 e. The van der Waals surface area contributed by atoms with Crippen molar-refractivity contribution in [3.8, 4) is 5.75 Å². The van der Waals surface area contributed by atoms with E-state index in [1.54, 1.807) is 0 Å². The highest BCUT2D eigenvalue weighted by molar-refractivity contribution is 5.86. The Hall–Kier alpha value is -1.96. The van der Waals surface area contributed by atoms with Crippen LogP contribution in [0, 0.1) is 5.92 Å². The van der Waals surface area contributed by atoms with Crippen molar-refractivity contribution in [2.24, 2.45) is 5.92 Å². The van der Waals surface area contributed by atoms with Crippen LogP contribution in [-0.2, 0) is 14.3 Å². The fraction of sp³-hybridized carbons (Fsp3) is 0.588. The zero-order valence-electron chi connectivity index (χ0n) is 14.2. The Bertz CT molecular complexity index is 570. The summed E-state index contributed by atoms with van der Waals surface area (Å²) in [6.45, 7) is 1.69. The molecule has 1 fully saturated rings. The van der Waals surface area contributed by atoms with Gasteiger partial charge in [0.1, 0.15) is 5.75 Å². The van der Waals surface area contributed by atoms with Crippen molar-refractivity contribution >= 4 is 11.7 Å². The fourth-order valence-electron chi connectivity index (χ4n) is 3.02. The summed E-state index contributed by atoms with van der Waals surface area (Å²) in [7, 11) is 1.46. The molecule has 0 bridgehead atoms. The van der Waals surface area contributed by atoms with E-state index in [4.69, 9.17) is 14.2 Å². The molecule has 25 heavy (non-hydrogen) atoms. The molecular weight excluding hydrogens is 339 g/mol. The van der Waals surface area contributed by atoms with E-state index in [9.17, 15) is 18.0 Å². The molecule has 0 amide bonds. The number of nitrogens with one attached hydrogen (secondary N) is 1. The fourth-order valence-corrected chi connectivity index (χ4v) is 3.02. The Morgan fingerprint density at radius 1 is 1.24 bits per heavy atom. The molecular formula is C17H22F3NO4. The van der Waals surface area contributed by atoms with Crippen LogP contribution in [0.3, 0.4) is 0 Å². The summed E-state index contributed by atoms with van der Waals surface area (Å²) in [6.07, 6.45) is -4.61. The lowest BCUT2D eigenvalue weighted by Gasteiger charge is -2.42. The van der Waals surface area contributed by atoms with Crippen molar-refractivity contribution in [1.29, 1.82) is 0 Å². The summed E-state index contributed by atoms with van der Waals surface area (Å²) in [5, 5.41) is 2.43. The molecule has 1 N–H and O–H groups in total. The van der Waals surface area contributed by atoms with Crippen molar-refractivity contribution in [2.45, 2.75) is 31.5 Å². The van der Waals surface area contributed by atoms with E-state index < -0.39 is 23.6 Å². The normalized spacial score (nSPS) is 18.3. The number of alkyl halides is 3. The molecule has 2 rings (SSSR count). The van der Waals surface area contributed by atoms with Gasteiger partial charge >= 0.3 is 12.1 Å². The number of hydrogen-bond acceptors (Lipinski definition) is 5. The Kier molecular flexibility index (Phi) is 6.16. The van der Waals surface area contributed by atoms with Crippen LogP contribution in [0.25, 0.3) is 0 Å². The van der Waals surface area contributed by atoms with Crippen molar-refractivity contribution in [3.63, 3.8) is 0 Å². The summed E-state index contributed by atoms with van der Waals surface area (Å²) >= 11 is 0. The van der Waals surface area contributed by atoms with Crippen molar-refractivity contribution < 1.29 is 32.2 Å². The molecule has 1 atom stereocenters. The van der Waals surface area contributed by atoms with Crippen LogP contribution < -0.4 is 10.1 Å². The number of halogens is 3. The number of benzene rings is 1. The first-order valence-corrected chi connectivity index (χ1v) is 8.09. The van der Waals surface area contributed by atoms with Crippen LogP contribution in [0.5, 0.6) is 5.75 Å². The molecule has 8 heteroatoms. The van der Waals surface area contributed by atoms with Crippen LogP contribution in [0.1, 0.15) is 19.8 Å². The molecule has 0 saturated carbocycles. The number of hydrogen-bond donors (Lipinski definition) is 1. The molecule has 5 nitrogen and oxygen atoms in total. The summed E-state index contributed by atoms with van der Waals surface area (Å²) in [5.41, 5.74) is -2.65. The highest BCUT2D eigenvalue weighted by atomic mass is 19.4. The van der Waals surface area contributed by atoms with E-state index in [0.29, 0.717) is 5.75 Å². The first-order valence-electron chi connectivity index (χ1n) is 8.09. The molecule has 1 aliphatic heterocycles. The van der Waals surface area contributed by atoms with Gasteiger partial charge in [-0.2, -0.15) is 13.2 Å². The molecule has 0 unspecified atom stereocenters. The second-order valence-electron chi connectivity index (χ2n) is 5.77. The average molecular weight is 361 g/mol. The Labute approximate surface area is 144 Å². The maximum atomic E-state index is 14.1. The first-order chi connectivity index (χ1) is 11.8. The minimum absolute atomic E-state index is 0.113. The molecule has 140 valence electrons. The SMILES string of the molecule is CCOC(=O)[C@](Nc1ccc(OC)cc1)(C1CCOCC1)C(F)(F)F. The van der Waals surface area contributed by atoms with Crippen molar-refractivity contribution in [3.05, 3.63) is 24.3 Å². The lowest BCUT2D eigenvalue weighted by molar-refractivity contribution is -0.215. The van der Waals surface area contributed by atoms with Gasteiger partial charge in [0.2, 0.25) is 5.54 Å². The van der Waals surface area contributed by atoms with Gasteiger partial charge in [0.25, 0.3) is 0 Å². The van der Waals surface area contributed by atoms with Gasteiger partial charge in [0.15, 0.2) is 0 Å². The van der Waals surface area contributed by atoms with Crippen LogP contribution in [-0.4, -0.2) is 44.6 Å². The number of esters is 1. The van der Waals surface area contributed by atoms with Gasteiger partial charge < -0.3 is 19.5 Å². The van der Waals surface area contributed by atoms with E-state index in [1.807, 2.05) is 0 Å². The van der Waals surface area contributed by atoms with E-state index in [0.717, 1.165) is 0 Å². The van der Waals surface area contributed by atoms with Crippen LogP contribution in [0.15, 0.2) is 24.3 Å². The summed E-state index contributed by atoms with van der Waals surface area (Å²) < 4.78 is 57.4. The zero-order valence-corrected chi connectivity index (χ0v) is 14.2. The number of methoxy groups -OCH3 is 1. The monoisotopic (exact) mass is 361 g/mol. The van der Waals surface area contributed by atoms with Gasteiger partial charge in [0, 0.05) is 24.8 Å². The van der Waals surface area contributed by atoms with Crippen molar-refractivity contribution in [1.82, 2.24) is 0 Å². The van der Waals surface area contributed by atoms with Gasteiger partial charge in [-0.1, -0.05) is 0 Å². The molecule has 1 heterocycles. The number of carbonyl (C=O) groups is 1. The third-order valence-electron chi connectivity index (χ3n) is 4.31. The number of anilines is 1. The van der Waals surface area contributed by atoms with E-state index in [2.05, 4.69) is 5.32 Å². The maximum Gasteiger partial charge on any atom is 0.422 e. The number of rotatable bonds is 6. The molecule has 0 spiro atoms. The van der Waals surface area contributed by atoms with Crippen molar-refractivity contribution in [2.75, 3.05) is 32.2 Å². The van der Waals surface area contributed by atoms with Crippen LogP contribution in [0.2, 0.25) is 0 Å². The van der Waals surface area contributed by atoms with Gasteiger partial charge in [-0.3, -0.25) is 0 Å². The lowest BCUT2D eigenvalue weighted by Crippen LogP contribution is -2.64. The highest BCUT2D eigenvalue weighted by Gasteiger charge is 2.66. The quantitative estimate of drug-likeness (QED) is 0.787. The van der Waals surface area contributed by atoms with E-state index in [1.165, 1.54) is 38.3 Å². The first kappa shape index (κ1) is 19.4. The summed E-state index contributed by atoms with van der Waals surface area (Å²) in [4.78, 5) is 12.5. The third kappa shape index (κ3) is 4.00. The molecule has 1 aliphatic rings. The van der Waals surface area contributed by atoms with Gasteiger partial charge in [-0.15, -0.1) is 0 Å². The van der Waals surface area contributed by atoms with Gasteiger partial charge in [0.05, 0.1) is 13.7 Å². The largest absolute Gasteiger partial charge is 0.497 e. The minimum atomic E-state index is -4.83. The van der Waals surface area contributed by atoms with E-state index in [-0.39, 0.29) is 38.3 Å². The summed E-state index contributed by atoms with van der Waals surface area (Å²) in [5.74, 6) is -1.79. The van der Waals surface area contributed by atoms with E-state index >= 15 is 0 Å². The zero-order chi connectivity index (χ0) is 18.5. The Morgan fingerprint density at radius 3 is 2.32 bits per heavy atom. The second kappa shape index (κ2) is 7.95. The predicted octanol–water partition coefficient (Wildman–Crippen LogP) is 3.40. The average Bonchev–Trinajstić information content (AvgIpc) is 2.60. The molecule has 1 aromatic carbocycles. The Balaban J connectivity index is 2.45. The predicted molar refractivity (Wildman–Crippen MR) is 85.6 cm³/mol. The molecule has 0 aliphatic carbocycles. The topological polar surface area (TPSA) is 56.8 Å². The van der Waals surface area contributed by atoms with Gasteiger partial charge in [-0.25, -0.2) is 4.79 Å². The maximum absolute atomic E-state index is 14.1. The standard InChI is InChI=1S/C17H22F3NO4/c1-3-25-15(22)16(17(18,19)20,12-8-10-24-11-9-12)21-13-4-6-14(23-2)7-5-13/h4-7,12,21H,3,8-11H2,1-2H3/t16-/m1/s1. The number of carbonyl (C=O) groups excluding carboxylic acids is 1. The second-order valence-corrected chi connectivity index (χ2v) is 5.77. The van der Waals surface area contributed by atoms with Gasteiger partial charge in [-0.05, 0) is 44.0 Å². The number of ether oxygens (including phenoxy) is 3. The molecule has 1 saturated heterocycles. The third-order valence-corrected chi connectivity index (χ3v) is 4.31. The van der Waals surface area contributed by atoms with Crippen LogP contribution >= 0.6 is 0 Å². The lowest BCUT2D eigenvalue weighted by atomic mass is 9.77. The summed E-state index contributed by atoms with van der Waals surface area (Å²) in [6, 6.07) is 5.94. The Morgan fingerprint density at radius 2 is 1.84 bits per heavy atom. The highest BCUT2D eigenvalue weighted by Crippen LogP contribution is 2.44. The molecule has 0 aromatic heterocycles. The molecule has 1 aromatic rings.